The molecule has 0 amide bonds. The van der Waals surface area contributed by atoms with Gasteiger partial charge in [-0.05, 0) is 46.4 Å². The van der Waals surface area contributed by atoms with Crippen molar-refractivity contribution in [1.82, 2.24) is 0 Å². The van der Waals surface area contributed by atoms with Crippen LogP contribution in [0.15, 0.2) is 66.7 Å². The Morgan fingerprint density at radius 2 is 1.27 bits per heavy atom. The highest BCUT2D eigenvalue weighted by molar-refractivity contribution is 6.31. The van der Waals surface area contributed by atoms with Gasteiger partial charge in [0, 0.05) is 16.4 Å². The van der Waals surface area contributed by atoms with Crippen LogP contribution in [-0.2, 0) is 5.41 Å². The van der Waals surface area contributed by atoms with E-state index in [-0.39, 0.29) is 5.41 Å². The van der Waals surface area contributed by atoms with Gasteiger partial charge < -0.3 is 0 Å². The molecule has 22 heavy (non-hydrogen) atoms. The van der Waals surface area contributed by atoms with Crippen molar-refractivity contribution in [3.63, 3.8) is 0 Å². The lowest BCUT2D eigenvalue weighted by Crippen LogP contribution is -2.40. The van der Waals surface area contributed by atoms with E-state index in [2.05, 4.69) is 67.6 Å². The van der Waals surface area contributed by atoms with E-state index in [0.717, 1.165) is 5.02 Å². The molecule has 0 fully saturated rings. The van der Waals surface area contributed by atoms with Crippen LogP contribution in [0.4, 0.5) is 0 Å². The van der Waals surface area contributed by atoms with E-state index in [1.54, 1.807) is 0 Å². The van der Waals surface area contributed by atoms with Crippen molar-refractivity contribution in [2.75, 3.05) is 0 Å². The molecule has 0 heterocycles. The lowest BCUT2D eigenvalue weighted by atomic mass is 9.54. The zero-order valence-electron chi connectivity index (χ0n) is 12.3. The van der Waals surface area contributed by atoms with Crippen LogP contribution in [0, 0.1) is 0 Å². The minimum atomic E-state index is -0.157. The molecule has 0 saturated heterocycles. The average Bonchev–Trinajstić information content (AvgIpc) is 2.55. The second kappa shape index (κ2) is 4.02. The summed E-state index contributed by atoms with van der Waals surface area (Å²) in [5, 5.41) is 0.883. The average molecular weight is 303 g/mol. The molecule has 0 atom stereocenters. The molecule has 0 aliphatic heterocycles. The first-order chi connectivity index (χ1) is 10.7. The summed E-state index contributed by atoms with van der Waals surface area (Å²) >= 11 is 6.66. The van der Waals surface area contributed by atoms with Crippen LogP contribution < -0.4 is 0 Å². The number of rotatable bonds is 0. The van der Waals surface area contributed by atoms with Gasteiger partial charge in [-0.3, -0.25) is 0 Å². The molecule has 0 spiro atoms. The highest BCUT2D eigenvalue weighted by Crippen LogP contribution is 2.60. The molecule has 1 heteroatoms. The van der Waals surface area contributed by atoms with Crippen molar-refractivity contribution < 1.29 is 0 Å². The maximum absolute atomic E-state index is 6.66. The summed E-state index contributed by atoms with van der Waals surface area (Å²) in [5.41, 5.74) is 8.16. The lowest BCUT2D eigenvalue weighted by molar-refractivity contribution is 0.594. The third kappa shape index (κ3) is 1.26. The molecule has 3 aromatic rings. The van der Waals surface area contributed by atoms with E-state index < -0.39 is 0 Å². The molecular weight excluding hydrogens is 288 g/mol. The van der Waals surface area contributed by atoms with E-state index in [4.69, 9.17) is 11.6 Å². The second-order valence-corrected chi connectivity index (χ2v) is 6.84. The monoisotopic (exact) mass is 302 g/mol. The van der Waals surface area contributed by atoms with Gasteiger partial charge in [0.25, 0.3) is 0 Å². The highest BCUT2D eigenvalue weighted by Gasteiger charge is 2.49. The van der Waals surface area contributed by atoms with Crippen molar-refractivity contribution in [3.05, 3.63) is 105 Å². The summed E-state index contributed by atoms with van der Waals surface area (Å²) in [6.45, 7) is 2.32. The van der Waals surface area contributed by atoms with Crippen molar-refractivity contribution in [2.24, 2.45) is 0 Å². The zero-order chi connectivity index (χ0) is 14.9. The first kappa shape index (κ1) is 12.5. The van der Waals surface area contributed by atoms with Crippen LogP contribution in [0.3, 0.4) is 0 Å². The summed E-state index contributed by atoms with van der Waals surface area (Å²) in [6.07, 6.45) is 0. The maximum Gasteiger partial charge on any atom is 0.0453 e. The Morgan fingerprint density at radius 1 is 0.727 bits per heavy atom. The third-order valence-electron chi connectivity index (χ3n) is 5.48. The van der Waals surface area contributed by atoms with Gasteiger partial charge >= 0.3 is 0 Å². The molecule has 3 aliphatic carbocycles. The first-order valence-corrected chi connectivity index (χ1v) is 8.08. The molecule has 6 rings (SSSR count). The van der Waals surface area contributed by atoms with Gasteiger partial charge in [-0.1, -0.05) is 72.3 Å². The highest BCUT2D eigenvalue weighted by atomic mass is 35.5. The minimum Gasteiger partial charge on any atom is -0.0840 e. The summed E-state index contributed by atoms with van der Waals surface area (Å²) in [6, 6.07) is 24.0. The quantitative estimate of drug-likeness (QED) is 0.514. The first-order valence-electron chi connectivity index (χ1n) is 7.70. The van der Waals surface area contributed by atoms with Crippen LogP contribution in [-0.4, -0.2) is 0 Å². The number of halogens is 1. The Morgan fingerprint density at radius 3 is 1.91 bits per heavy atom. The van der Waals surface area contributed by atoms with Gasteiger partial charge in [0.2, 0.25) is 0 Å². The molecular formula is C21H15Cl. The van der Waals surface area contributed by atoms with Gasteiger partial charge in [-0.25, -0.2) is 0 Å². The van der Waals surface area contributed by atoms with E-state index in [9.17, 15) is 0 Å². The molecule has 0 unspecified atom stereocenters. The van der Waals surface area contributed by atoms with E-state index in [1.165, 1.54) is 33.4 Å². The molecule has 2 bridgehead atoms. The van der Waals surface area contributed by atoms with Crippen LogP contribution >= 0.6 is 11.6 Å². The normalized spacial score (nSPS) is 23.6. The van der Waals surface area contributed by atoms with Gasteiger partial charge in [-0.15, -0.1) is 0 Å². The van der Waals surface area contributed by atoms with Crippen LogP contribution in [0.2, 0.25) is 5.02 Å². The molecule has 0 N–H and O–H groups in total. The molecule has 3 aromatic carbocycles. The predicted molar refractivity (Wildman–Crippen MR) is 90.8 cm³/mol. The van der Waals surface area contributed by atoms with E-state index in [1.807, 2.05) is 6.07 Å². The van der Waals surface area contributed by atoms with Crippen LogP contribution in [0.25, 0.3) is 0 Å². The smallest absolute Gasteiger partial charge is 0.0453 e. The lowest BCUT2D eigenvalue weighted by Gasteiger charge is -2.49. The predicted octanol–water partition coefficient (Wildman–Crippen LogP) is 5.50. The second-order valence-electron chi connectivity index (χ2n) is 6.44. The van der Waals surface area contributed by atoms with E-state index >= 15 is 0 Å². The summed E-state index contributed by atoms with van der Waals surface area (Å²) in [4.78, 5) is 0. The molecule has 0 nitrogen and oxygen atoms in total. The van der Waals surface area contributed by atoms with Crippen LogP contribution in [0.1, 0.15) is 46.2 Å². The summed E-state index contributed by atoms with van der Waals surface area (Å²) in [5.74, 6) is 0.308. The summed E-state index contributed by atoms with van der Waals surface area (Å²) in [7, 11) is 0. The van der Waals surface area contributed by atoms with Gasteiger partial charge in [0.15, 0.2) is 0 Å². The molecule has 0 saturated carbocycles. The fraction of sp³-hybridized carbons (Fsp3) is 0.143. The largest absolute Gasteiger partial charge is 0.0840 e. The van der Waals surface area contributed by atoms with Crippen LogP contribution in [0.5, 0.6) is 0 Å². The Hall–Kier alpha value is -2.05. The zero-order valence-corrected chi connectivity index (χ0v) is 13.1. The number of benzene rings is 3. The standard InChI is InChI=1S/C21H15Cl/c1-21-16-10-4-2-7-13(16)19(14-8-3-5-11-17(14)21)15-9-6-12-18(22)20(15)21/h2-12,19H,1H3. The fourth-order valence-electron chi connectivity index (χ4n) is 4.63. The molecule has 0 aromatic heterocycles. The molecule has 106 valence electrons. The Labute approximate surface area is 135 Å². The molecule has 3 aliphatic rings. The Bertz CT molecular complexity index is 875. The van der Waals surface area contributed by atoms with Crippen molar-refractivity contribution in [3.8, 4) is 0 Å². The number of hydrogen-bond donors (Lipinski definition) is 0. The van der Waals surface area contributed by atoms with Crippen molar-refractivity contribution in [2.45, 2.75) is 18.3 Å². The topological polar surface area (TPSA) is 0 Å². The van der Waals surface area contributed by atoms with Gasteiger partial charge in [0.05, 0.1) is 0 Å². The summed E-state index contributed by atoms with van der Waals surface area (Å²) < 4.78 is 0. The SMILES string of the molecule is CC12c3ccccc3C(c3ccccc31)c1cccc(Cl)c12. The van der Waals surface area contributed by atoms with Crippen molar-refractivity contribution in [1.29, 1.82) is 0 Å². The van der Waals surface area contributed by atoms with Gasteiger partial charge in [0.1, 0.15) is 0 Å². The Kier molecular flexibility index (Phi) is 2.28. The van der Waals surface area contributed by atoms with E-state index in [0.29, 0.717) is 5.92 Å². The van der Waals surface area contributed by atoms with Crippen molar-refractivity contribution >= 4 is 11.6 Å². The maximum atomic E-state index is 6.66. The fourth-order valence-corrected chi connectivity index (χ4v) is 5.00. The minimum absolute atomic E-state index is 0.157. The third-order valence-corrected chi connectivity index (χ3v) is 5.79. The number of hydrogen-bond acceptors (Lipinski definition) is 0. The molecule has 0 radical (unpaired) electrons. The van der Waals surface area contributed by atoms with Gasteiger partial charge in [-0.2, -0.15) is 0 Å². The Balaban J connectivity index is 2.01.